The predicted molar refractivity (Wildman–Crippen MR) is 155 cm³/mol. The third-order valence-corrected chi connectivity index (χ3v) is 7.84. The number of amides is 2. The summed E-state index contributed by atoms with van der Waals surface area (Å²) in [5, 5.41) is 4.62. The molecule has 38 heavy (non-hydrogen) atoms. The van der Waals surface area contributed by atoms with Crippen LogP contribution in [0.2, 0.25) is 0 Å². The van der Waals surface area contributed by atoms with E-state index >= 15 is 0 Å². The van der Waals surface area contributed by atoms with Crippen molar-refractivity contribution < 1.29 is 14.3 Å². The van der Waals surface area contributed by atoms with Gasteiger partial charge in [0, 0.05) is 30.2 Å². The molecule has 0 spiro atoms. The van der Waals surface area contributed by atoms with Crippen LogP contribution < -0.4 is 15.0 Å². The predicted octanol–water partition coefficient (Wildman–Crippen LogP) is 5.27. The average Bonchev–Trinajstić information content (AvgIpc) is 3.60. The van der Waals surface area contributed by atoms with Crippen LogP contribution in [0.25, 0.3) is 17.0 Å². The Morgan fingerprint density at radius 3 is 2.55 bits per heavy atom. The van der Waals surface area contributed by atoms with Gasteiger partial charge in [0.05, 0.1) is 17.8 Å². The maximum absolute atomic E-state index is 13.6. The lowest BCUT2D eigenvalue weighted by atomic mass is 10.1. The van der Waals surface area contributed by atoms with Gasteiger partial charge in [0.25, 0.3) is 5.91 Å². The first-order valence-corrected chi connectivity index (χ1v) is 13.8. The number of ether oxygens (including phenoxy) is 1. The quantitative estimate of drug-likeness (QED) is 0.318. The molecule has 198 valence electrons. The molecule has 1 aliphatic carbocycles. The summed E-state index contributed by atoms with van der Waals surface area (Å²) in [5.74, 6) is 0.582. The smallest absolute Gasteiger partial charge is 0.281 e. The Balaban J connectivity index is 1.48. The Hall–Kier alpha value is -3.65. The Labute approximate surface area is 229 Å². The van der Waals surface area contributed by atoms with E-state index in [-0.39, 0.29) is 24.4 Å². The van der Waals surface area contributed by atoms with Gasteiger partial charge in [-0.25, -0.2) is 0 Å². The zero-order chi connectivity index (χ0) is 26.8. The van der Waals surface area contributed by atoms with Gasteiger partial charge in [0.2, 0.25) is 5.91 Å². The maximum atomic E-state index is 13.6. The number of hydrogen-bond acceptors (Lipinski definition) is 4. The van der Waals surface area contributed by atoms with Crippen molar-refractivity contribution in [1.29, 1.82) is 0 Å². The van der Waals surface area contributed by atoms with Crippen molar-refractivity contribution >= 4 is 51.8 Å². The minimum atomic E-state index is -0.187. The lowest BCUT2D eigenvalue weighted by Crippen LogP contribution is -2.35. The Kier molecular flexibility index (Phi) is 7.51. The van der Waals surface area contributed by atoms with E-state index in [2.05, 4.69) is 18.3 Å². The number of nitrogens with zero attached hydrogens (tertiary/aromatic N) is 3. The lowest BCUT2D eigenvalue weighted by molar-refractivity contribution is -0.122. The fourth-order valence-electron chi connectivity index (χ4n) is 5.48. The fraction of sp³-hybridized carbons (Fsp3) is 0.367. The molecule has 0 radical (unpaired) electrons. The topological polar surface area (TPSA) is 66.8 Å². The molecule has 3 aromatic rings. The molecule has 0 atom stereocenters. The summed E-state index contributed by atoms with van der Waals surface area (Å²) in [6.45, 7) is 4.87. The molecule has 7 nitrogen and oxygen atoms in total. The van der Waals surface area contributed by atoms with Crippen molar-refractivity contribution in [2.75, 3.05) is 18.6 Å². The number of thiocarbonyl (C=S) groups is 1. The van der Waals surface area contributed by atoms with Gasteiger partial charge in [-0.15, -0.1) is 0 Å². The largest absolute Gasteiger partial charge is 0.494 e. The number of fused-ring (bicyclic) bond motifs is 1. The molecule has 1 aromatic heterocycles. The lowest BCUT2D eigenvalue weighted by Gasteiger charge is -2.16. The Morgan fingerprint density at radius 2 is 1.87 bits per heavy atom. The van der Waals surface area contributed by atoms with Crippen LogP contribution in [0, 0.1) is 0 Å². The summed E-state index contributed by atoms with van der Waals surface area (Å²) < 4.78 is 7.56. The highest BCUT2D eigenvalue weighted by molar-refractivity contribution is 7.80. The van der Waals surface area contributed by atoms with E-state index in [9.17, 15) is 9.59 Å². The molecule has 2 amide bonds. The van der Waals surface area contributed by atoms with Crippen LogP contribution in [-0.2, 0) is 22.6 Å². The summed E-state index contributed by atoms with van der Waals surface area (Å²) in [5.41, 5.74) is 4.26. The fourth-order valence-corrected chi connectivity index (χ4v) is 5.76. The van der Waals surface area contributed by atoms with E-state index in [1.165, 1.54) is 18.4 Å². The number of aromatic nitrogens is 1. The van der Waals surface area contributed by atoms with Gasteiger partial charge in [-0.1, -0.05) is 38.0 Å². The summed E-state index contributed by atoms with van der Waals surface area (Å²) in [6, 6.07) is 13.8. The van der Waals surface area contributed by atoms with E-state index in [0.29, 0.717) is 23.1 Å². The number of para-hydroxylation sites is 1. The van der Waals surface area contributed by atoms with Gasteiger partial charge in [-0.05, 0) is 74.3 Å². The highest BCUT2D eigenvalue weighted by atomic mass is 32.1. The van der Waals surface area contributed by atoms with Crippen LogP contribution in [0.4, 0.5) is 5.69 Å². The van der Waals surface area contributed by atoms with Crippen molar-refractivity contribution in [2.45, 2.75) is 58.5 Å². The highest BCUT2D eigenvalue weighted by Crippen LogP contribution is 2.32. The third kappa shape index (κ3) is 4.92. The van der Waals surface area contributed by atoms with Crippen LogP contribution in [0.5, 0.6) is 5.75 Å². The van der Waals surface area contributed by atoms with E-state index in [0.717, 1.165) is 41.5 Å². The van der Waals surface area contributed by atoms with E-state index in [1.54, 1.807) is 9.80 Å². The SMILES string of the molecule is CCOc1ccc(N2C(=O)/C(=C/c3cn(CC(=O)NC4CCCC4)c4c(CC)cccc34)N(C)C2=S)cc1. The van der Waals surface area contributed by atoms with Crippen LogP contribution in [0.3, 0.4) is 0 Å². The first-order chi connectivity index (χ1) is 18.4. The second kappa shape index (κ2) is 11.0. The number of likely N-dealkylation sites (N-methyl/N-ethyl adjacent to an activating group) is 1. The minimum Gasteiger partial charge on any atom is -0.494 e. The summed E-state index contributed by atoms with van der Waals surface area (Å²) in [4.78, 5) is 29.8. The molecular weight excluding hydrogens is 496 g/mol. The summed E-state index contributed by atoms with van der Waals surface area (Å²) >= 11 is 5.67. The minimum absolute atomic E-state index is 0.0239. The molecule has 1 N–H and O–H groups in total. The summed E-state index contributed by atoms with van der Waals surface area (Å²) in [7, 11) is 1.81. The monoisotopic (exact) mass is 530 g/mol. The first kappa shape index (κ1) is 26.0. The van der Waals surface area contributed by atoms with Gasteiger partial charge in [-0.3, -0.25) is 14.5 Å². The molecule has 2 heterocycles. The molecule has 2 fully saturated rings. The number of hydrogen-bond donors (Lipinski definition) is 1. The van der Waals surface area contributed by atoms with Crippen molar-refractivity contribution in [1.82, 2.24) is 14.8 Å². The number of rotatable bonds is 8. The number of carbonyl (C=O) groups is 2. The zero-order valence-electron chi connectivity index (χ0n) is 22.2. The number of carbonyl (C=O) groups excluding carboxylic acids is 2. The van der Waals surface area contributed by atoms with Crippen LogP contribution >= 0.6 is 12.2 Å². The first-order valence-electron chi connectivity index (χ1n) is 13.4. The number of aryl methyl sites for hydroxylation is 1. The van der Waals surface area contributed by atoms with E-state index in [4.69, 9.17) is 17.0 Å². The molecule has 0 bridgehead atoms. The van der Waals surface area contributed by atoms with Crippen LogP contribution in [-0.4, -0.2) is 46.1 Å². The number of anilines is 1. The average molecular weight is 531 g/mol. The molecule has 5 rings (SSSR count). The molecule has 8 heteroatoms. The maximum Gasteiger partial charge on any atom is 0.281 e. The second-order valence-corrected chi connectivity index (χ2v) is 10.2. The zero-order valence-corrected chi connectivity index (χ0v) is 23.0. The molecule has 1 aliphatic heterocycles. The van der Waals surface area contributed by atoms with Crippen molar-refractivity contribution in [2.24, 2.45) is 0 Å². The molecule has 0 unspecified atom stereocenters. The van der Waals surface area contributed by atoms with Gasteiger partial charge in [-0.2, -0.15) is 0 Å². The normalized spacial score (nSPS) is 17.3. The molecular formula is C30H34N4O3S. The molecule has 2 aromatic carbocycles. The Bertz CT molecular complexity index is 1400. The van der Waals surface area contributed by atoms with Gasteiger partial charge < -0.3 is 19.5 Å². The van der Waals surface area contributed by atoms with Crippen molar-refractivity contribution in [3.8, 4) is 5.75 Å². The standard InChI is InChI=1S/C30H34N4O3S/c1-4-20-9-8-12-25-21(18-33(28(20)25)19-27(35)31-22-10-6-7-11-22)17-26-29(36)34(30(38)32(26)3)23-13-15-24(16-14-23)37-5-2/h8-9,12-18,22H,4-7,10-11,19H2,1-3H3,(H,31,35)/b26-17-. The summed E-state index contributed by atoms with van der Waals surface area (Å²) in [6.07, 6.45) is 9.16. The van der Waals surface area contributed by atoms with Gasteiger partial charge in [0.1, 0.15) is 18.0 Å². The molecule has 2 aliphatic rings. The third-order valence-electron chi connectivity index (χ3n) is 7.39. The molecule has 1 saturated carbocycles. The van der Waals surface area contributed by atoms with E-state index in [1.807, 2.05) is 67.2 Å². The second-order valence-electron chi connectivity index (χ2n) is 9.87. The van der Waals surface area contributed by atoms with Crippen molar-refractivity contribution in [3.05, 3.63) is 65.5 Å². The highest BCUT2D eigenvalue weighted by Gasteiger charge is 2.37. The van der Waals surface area contributed by atoms with Crippen LogP contribution in [0.15, 0.2) is 54.4 Å². The van der Waals surface area contributed by atoms with Gasteiger partial charge in [0.15, 0.2) is 5.11 Å². The number of benzene rings is 2. The van der Waals surface area contributed by atoms with E-state index < -0.39 is 0 Å². The Morgan fingerprint density at radius 1 is 1.13 bits per heavy atom. The van der Waals surface area contributed by atoms with Crippen molar-refractivity contribution in [3.63, 3.8) is 0 Å². The van der Waals surface area contributed by atoms with Crippen LogP contribution in [0.1, 0.15) is 50.7 Å². The molecule has 1 saturated heterocycles. The van der Waals surface area contributed by atoms with Gasteiger partial charge >= 0.3 is 0 Å². The number of nitrogens with one attached hydrogen (secondary N) is 1.